The summed E-state index contributed by atoms with van der Waals surface area (Å²) in [6.45, 7) is 29.0. The summed E-state index contributed by atoms with van der Waals surface area (Å²) >= 11 is -2.25. The van der Waals surface area contributed by atoms with E-state index in [1.807, 2.05) is 6.49 Å². The van der Waals surface area contributed by atoms with Crippen molar-refractivity contribution in [2.24, 2.45) is 0 Å². The third-order valence-electron chi connectivity index (χ3n) is 9.77. The van der Waals surface area contributed by atoms with Gasteiger partial charge in [-0.15, -0.1) is 0 Å². The van der Waals surface area contributed by atoms with Gasteiger partial charge in [0.25, 0.3) is 0 Å². The molecule has 3 aliphatic rings. The molecule has 0 N–H and O–H groups in total. The summed E-state index contributed by atoms with van der Waals surface area (Å²) in [7, 11) is 0. The largest absolute Gasteiger partial charge is 1.00 e. The van der Waals surface area contributed by atoms with Gasteiger partial charge in [-0.05, 0) is 0 Å². The quantitative estimate of drug-likeness (QED) is 0.386. The minimum Gasteiger partial charge on any atom is -1.00 e. The number of hydrogen-bond donors (Lipinski definition) is 0. The molecule has 1 fully saturated rings. The van der Waals surface area contributed by atoms with Crippen molar-refractivity contribution in [1.29, 1.82) is 0 Å². The van der Waals surface area contributed by atoms with E-state index in [-0.39, 0.29) is 46.5 Å². The van der Waals surface area contributed by atoms with Gasteiger partial charge in [-0.2, -0.15) is 0 Å². The molecule has 0 amide bonds. The number of hydrogen-bond acceptors (Lipinski definition) is 0. The molecule has 3 aliphatic carbocycles. The van der Waals surface area contributed by atoms with E-state index in [0.29, 0.717) is 3.63 Å². The first-order valence-electron chi connectivity index (χ1n) is 16.3. The average molecular weight is 699 g/mol. The summed E-state index contributed by atoms with van der Waals surface area (Å²) in [6.07, 6.45) is 15.5. The Morgan fingerprint density at radius 1 is 0.558 bits per heavy atom. The number of benzene rings is 2. The number of halogens is 2. The molecule has 0 bridgehead atoms. The van der Waals surface area contributed by atoms with E-state index in [9.17, 15) is 0 Å². The normalized spacial score (nSPS) is 17.0. The maximum atomic E-state index is 2.72. The van der Waals surface area contributed by atoms with Crippen LogP contribution in [0.25, 0.3) is 11.1 Å². The van der Waals surface area contributed by atoms with Crippen molar-refractivity contribution >= 4 is 3.21 Å². The van der Waals surface area contributed by atoms with Gasteiger partial charge in [-0.3, -0.25) is 0 Å². The zero-order valence-corrected chi connectivity index (χ0v) is 33.1. The molecule has 0 aromatic heterocycles. The Hall–Kier alpha value is -0.747. The second kappa shape index (κ2) is 12.8. The number of rotatable bonds is 2. The zero-order valence-electron chi connectivity index (χ0n) is 29.1. The molecule has 0 spiro atoms. The van der Waals surface area contributed by atoms with Gasteiger partial charge in [0.2, 0.25) is 0 Å². The molecule has 2 aromatic rings. The van der Waals surface area contributed by atoms with Crippen LogP contribution in [0.4, 0.5) is 0 Å². The van der Waals surface area contributed by atoms with Crippen LogP contribution in [0.5, 0.6) is 0 Å². The fourth-order valence-electron chi connectivity index (χ4n) is 7.65. The van der Waals surface area contributed by atoms with E-state index < -0.39 is 21.3 Å². The molecule has 5 rings (SSSR count). The van der Waals surface area contributed by atoms with Crippen molar-refractivity contribution in [1.82, 2.24) is 0 Å². The molecule has 0 atom stereocenters. The molecule has 0 heterocycles. The van der Waals surface area contributed by atoms with Crippen LogP contribution >= 0.6 is 0 Å². The van der Waals surface area contributed by atoms with Gasteiger partial charge in [-0.25, -0.2) is 0 Å². The van der Waals surface area contributed by atoms with Crippen LogP contribution in [-0.2, 0) is 42.9 Å². The Bertz CT molecular complexity index is 1370. The van der Waals surface area contributed by atoms with Crippen LogP contribution in [0.3, 0.4) is 0 Å². The smallest absolute Gasteiger partial charge is 1.00 e. The topological polar surface area (TPSA) is 0 Å². The fourth-order valence-corrected chi connectivity index (χ4v) is 17.1. The molecule has 43 heavy (non-hydrogen) atoms. The van der Waals surface area contributed by atoms with Gasteiger partial charge in [0.15, 0.2) is 0 Å². The summed E-state index contributed by atoms with van der Waals surface area (Å²) < 4.78 is 4.43. The molecular formula is C40H56Cl2Zr. The van der Waals surface area contributed by atoms with Gasteiger partial charge in [0.1, 0.15) is 0 Å². The van der Waals surface area contributed by atoms with Gasteiger partial charge in [0.05, 0.1) is 0 Å². The van der Waals surface area contributed by atoms with Gasteiger partial charge in [0, 0.05) is 0 Å². The van der Waals surface area contributed by atoms with Crippen LogP contribution in [0, 0.1) is 0 Å². The Balaban J connectivity index is 0.00000253. The molecule has 2 aromatic carbocycles. The van der Waals surface area contributed by atoms with Crippen molar-refractivity contribution in [2.45, 2.75) is 147 Å². The predicted molar refractivity (Wildman–Crippen MR) is 178 cm³/mol. The van der Waals surface area contributed by atoms with Crippen molar-refractivity contribution in [3.8, 4) is 11.1 Å². The van der Waals surface area contributed by atoms with Crippen LogP contribution in [0.2, 0.25) is 0 Å². The van der Waals surface area contributed by atoms with Gasteiger partial charge in [-0.1, -0.05) is 0 Å². The minimum absolute atomic E-state index is 0. The van der Waals surface area contributed by atoms with Gasteiger partial charge >= 0.3 is 262 Å². The van der Waals surface area contributed by atoms with E-state index in [2.05, 4.69) is 126 Å². The Labute approximate surface area is 284 Å². The first-order valence-corrected chi connectivity index (χ1v) is 20.2. The SMILES string of the molecule is CC(C)(C)c1cc2c(cc1C(C)(C)C)[CH]([Zr+2]([C]1=CC=CC1)=[C]1CCCCC1)c1cc(C(C)(C)C)c(C(C)(C)C)cc1-2.[Cl-].[Cl-]. The molecule has 0 saturated heterocycles. The summed E-state index contributed by atoms with van der Waals surface area (Å²) in [5.41, 5.74) is 13.1. The molecule has 1 saturated carbocycles. The van der Waals surface area contributed by atoms with E-state index >= 15 is 0 Å². The zero-order chi connectivity index (χ0) is 30.1. The second-order valence-electron chi connectivity index (χ2n) is 17.3. The minimum atomic E-state index is -2.25. The van der Waals surface area contributed by atoms with Crippen molar-refractivity contribution < 1.29 is 46.1 Å². The number of fused-ring (bicyclic) bond motifs is 3. The second-order valence-corrected chi connectivity index (χ2v) is 24.1. The molecular weight excluding hydrogens is 643 g/mol. The van der Waals surface area contributed by atoms with Crippen molar-refractivity contribution in [2.75, 3.05) is 0 Å². The molecule has 0 unspecified atom stereocenters. The van der Waals surface area contributed by atoms with Crippen LogP contribution in [-0.4, -0.2) is 3.21 Å². The Morgan fingerprint density at radius 2 is 0.953 bits per heavy atom. The van der Waals surface area contributed by atoms with E-state index in [0.717, 1.165) is 0 Å². The van der Waals surface area contributed by atoms with Crippen LogP contribution in [0.15, 0.2) is 45.8 Å². The number of allylic oxidation sites excluding steroid dienone is 4. The first kappa shape index (κ1) is 36.7. The summed E-state index contributed by atoms with van der Waals surface area (Å²) in [5, 5.41) is 0. The van der Waals surface area contributed by atoms with Gasteiger partial charge < -0.3 is 24.8 Å². The molecule has 3 heteroatoms. The first-order chi connectivity index (χ1) is 18.9. The summed E-state index contributed by atoms with van der Waals surface area (Å²) in [4.78, 5) is 0. The maximum absolute atomic E-state index is 2.72. The molecule has 0 aliphatic heterocycles. The standard InChI is InChI=1S/C29H41.C6H10.C5H5.2ClH.Zr/c1-26(2,3)22-14-18-13-19-15-23(27(4,5)6)25(29(10,11)12)17-21(19)20(18)16-24(22)28(7,8)9;1-2-4-6-5-3-1;1-2-4-5-3-1;;;/h13-17H,1-12H3;1-5H2;1-3H,4H2;2*1H;/q;;;;;+2/p-2. The van der Waals surface area contributed by atoms with Crippen LogP contribution in [0.1, 0.15) is 159 Å². The van der Waals surface area contributed by atoms with Crippen molar-refractivity contribution in [3.05, 3.63) is 79.2 Å². The third-order valence-corrected chi connectivity index (χ3v) is 18.4. The summed E-state index contributed by atoms with van der Waals surface area (Å²) in [6, 6.07) is 10.8. The molecule has 0 nitrogen and oxygen atoms in total. The molecule has 0 radical (unpaired) electrons. The third kappa shape index (κ3) is 7.16. The van der Waals surface area contributed by atoms with E-state index in [4.69, 9.17) is 0 Å². The molecule has 234 valence electrons. The van der Waals surface area contributed by atoms with Crippen LogP contribution < -0.4 is 24.8 Å². The summed E-state index contributed by atoms with van der Waals surface area (Å²) in [5.74, 6) is 0. The predicted octanol–water partition coefficient (Wildman–Crippen LogP) is 5.55. The average Bonchev–Trinajstić information content (AvgIpc) is 3.48. The van der Waals surface area contributed by atoms with E-state index in [1.54, 1.807) is 33.4 Å². The van der Waals surface area contributed by atoms with E-state index in [1.165, 1.54) is 49.7 Å². The monoisotopic (exact) mass is 696 g/mol. The van der Waals surface area contributed by atoms with Crippen molar-refractivity contribution in [3.63, 3.8) is 0 Å². The maximum Gasteiger partial charge on any atom is -1.00 e. The Kier molecular flexibility index (Phi) is 10.9. The fraction of sp³-hybridized carbons (Fsp3) is 0.575. The Morgan fingerprint density at radius 3 is 1.30 bits per heavy atom.